The summed E-state index contributed by atoms with van der Waals surface area (Å²) in [5, 5.41) is 11.4. The number of aliphatic hydroxyl groups excluding tert-OH is 1. The summed E-state index contributed by atoms with van der Waals surface area (Å²) in [5.74, 6) is -3.87. The summed E-state index contributed by atoms with van der Waals surface area (Å²) >= 11 is 0. The lowest BCUT2D eigenvalue weighted by Gasteiger charge is -2.31. The molecule has 1 aromatic carbocycles. The number of hydrogen-bond acceptors (Lipinski definition) is 6. The van der Waals surface area contributed by atoms with E-state index >= 15 is 0 Å². The molecule has 2 aromatic heterocycles. The number of alkyl halides is 3. The summed E-state index contributed by atoms with van der Waals surface area (Å²) in [6.45, 7) is -1.20. The fraction of sp³-hybridized carbons (Fsp3) is 0.333. The lowest BCUT2D eigenvalue weighted by Crippen LogP contribution is -2.59. The van der Waals surface area contributed by atoms with Crippen LogP contribution < -0.4 is 15.6 Å². The third-order valence-electron chi connectivity index (χ3n) is 6.55. The number of hydrogen-bond donors (Lipinski definition) is 2. The van der Waals surface area contributed by atoms with E-state index in [4.69, 9.17) is 4.74 Å². The number of pyridine rings is 2. The van der Waals surface area contributed by atoms with Crippen molar-refractivity contribution < 1.29 is 41.4 Å². The molecule has 9 nitrogen and oxygen atoms in total. The molecule has 2 saturated heterocycles. The molecule has 200 valence electrons. The van der Waals surface area contributed by atoms with Crippen molar-refractivity contribution in [1.29, 1.82) is 0 Å². The lowest BCUT2D eigenvalue weighted by atomic mass is 9.97. The Morgan fingerprint density at radius 3 is 2.55 bits per heavy atom. The van der Waals surface area contributed by atoms with Gasteiger partial charge in [-0.3, -0.25) is 23.9 Å². The molecule has 2 aliphatic rings. The van der Waals surface area contributed by atoms with E-state index in [0.29, 0.717) is 6.07 Å². The molecule has 2 amide bonds. The highest BCUT2D eigenvalue weighted by Crippen LogP contribution is 2.37. The number of halogens is 5. The number of β-amino-alcohol motifs (C(OH)–C–C–N with tert-alkyl or cyclic N) is 1. The molecule has 38 heavy (non-hydrogen) atoms. The molecule has 4 heterocycles. The first-order valence-electron chi connectivity index (χ1n) is 11.4. The quantitative estimate of drug-likeness (QED) is 0.493. The van der Waals surface area contributed by atoms with Crippen LogP contribution in [0.2, 0.25) is 0 Å². The monoisotopic (exact) mass is 538 g/mol. The van der Waals surface area contributed by atoms with Gasteiger partial charge in [0.2, 0.25) is 11.3 Å². The second-order valence-electron chi connectivity index (χ2n) is 9.08. The van der Waals surface area contributed by atoms with Crippen LogP contribution in [-0.2, 0) is 9.53 Å². The van der Waals surface area contributed by atoms with Crippen molar-refractivity contribution in [2.75, 3.05) is 24.7 Å². The molecular formula is C24H19F5N4O5. The molecule has 0 saturated carbocycles. The van der Waals surface area contributed by atoms with Gasteiger partial charge >= 0.3 is 6.18 Å². The van der Waals surface area contributed by atoms with Crippen LogP contribution in [0.4, 0.5) is 27.8 Å². The minimum atomic E-state index is -4.89. The molecule has 0 bridgehead atoms. The number of ether oxygens (including phenoxy) is 1. The summed E-state index contributed by atoms with van der Waals surface area (Å²) in [6, 6.07) is 4.88. The van der Waals surface area contributed by atoms with E-state index in [-0.39, 0.29) is 42.1 Å². The SMILES string of the molecule is O=C(NC1(C(F)(F)F)CCOC1)c1cn(-c2ccc(F)cc2F)c2nc(N3C[C@@H](O)CC3=O)ccc2c1=O. The van der Waals surface area contributed by atoms with Gasteiger partial charge in [-0.1, -0.05) is 0 Å². The lowest BCUT2D eigenvalue weighted by molar-refractivity contribution is -0.192. The van der Waals surface area contributed by atoms with Crippen molar-refractivity contribution in [3.63, 3.8) is 0 Å². The molecular weight excluding hydrogens is 519 g/mol. The van der Waals surface area contributed by atoms with Crippen molar-refractivity contribution in [2.24, 2.45) is 0 Å². The molecule has 14 heteroatoms. The van der Waals surface area contributed by atoms with Crippen molar-refractivity contribution in [1.82, 2.24) is 14.9 Å². The van der Waals surface area contributed by atoms with Gasteiger partial charge in [0.15, 0.2) is 11.2 Å². The average Bonchev–Trinajstić information content (AvgIpc) is 3.46. The standard InChI is InChI=1S/C24H19F5N4O5/c25-12-1-3-17(16(26)7-12)32-10-15(22(37)31-23(24(27,28)29)5-6-38-11-23)20(36)14-2-4-18(30-21(14)32)33-9-13(34)8-19(33)35/h1-4,7,10,13,34H,5-6,8-9,11H2,(H,31,37)/t13-,23?/m0/s1. The number of carbonyl (C=O) groups is 2. The Bertz CT molecular complexity index is 1520. The Morgan fingerprint density at radius 1 is 1.18 bits per heavy atom. The van der Waals surface area contributed by atoms with E-state index < -0.39 is 65.3 Å². The molecule has 0 aliphatic carbocycles. The highest BCUT2D eigenvalue weighted by molar-refractivity contribution is 5.99. The van der Waals surface area contributed by atoms with Gasteiger partial charge in [-0.25, -0.2) is 13.8 Å². The largest absolute Gasteiger partial charge is 0.413 e. The highest BCUT2D eigenvalue weighted by Gasteiger charge is 2.58. The second kappa shape index (κ2) is 9.13. The second-order valence-corrected chi connectivity index (χ2v) is 9.08. The first-order valence-corrected chi connectivity index (χ1v) is 11.4. The maximum Gasteiger partial charge on any atom is 0.413 e. The average molecular weight is 538 g/mol. The molecule has 0 radical (unpaired) electrons. The zero-order chi connectivity index (χ0) is 27.4. The smallest absolute Gasteiger partial charge is 0.391 e. The topological polar surface area (TPSA) is 114 Å². The van der Waals surface area contributed by atoms with Crippen molar-refractivity contribution in [2.45, 2.75) is 30.7 Å². The summed E-state index contributed by atoms with van der Waals surface area (Å²) in [6.07, 6.45) is -5.77. The van der Waals surface area contributed by atoms with Gasteiger partial charge in [-0.2, -0.15) is 13.2 Å². The van der Waals surface area contributed by atoms with E-state index in [9.17, 15) is 41.4 Å². The van der Waals surface area contributed by atoms with Crippen LogP contribution in [-0.4, -0.2) is 64.0 Å². The first-order chi connectivity index (χ1) is 17.9. The summed E-state index contributed by atoms with van der Waals surface area (Å²) in [4.78, 5) is 44.0. The maximum absolute atomic E-state index is 14.8. The van der Waals surface area contributed by atoms with E-state index in [1.54, 1.807) is 0 Å². The zero-order valence-corrected chi connectivity index (χ0v) is 19.4. The number of rotatable bonds is 4. The minimum absolute atomic E-state index is 0.00560. The molecule has 2 atom stereocenters. The van der Waals surface area contributed by atoms with Crippen LogP contribution in [0.5, 0.6) is 0 Å². The van der Waals surface area contributed by atoms with Crippen molar-refractivity contribution >= 4 is 28.7 Å². The van der Waals surface area contributed by atoms with Crippen LogP contribution in [0, 0.1) is 11.6 Å². The fourth-order valence-electron chi connectivity index (χ4n) is 4.52. The number of nitrogens with one attached hydrogen (secondary N) is 1. The summed E-state index contributed by atoms with van der Waals surface area (Å²) in [5.41, 5.74) is -5.09. The van der Waals surface area contributed by atoms with Crippen LogP contribution >= 0.6 is 0 Å². The predicted octanol–water partition coefficient (Wildman–Crippen LogP) is 2.21. The van der Waals surface area contributed by atoms with E-state index in [2.05, 4.69) is 4.98 Å². The van der Waals surface area contributed by atoms with Crippen LogP contribution in [0.25, 0.3) is 16.7 Å². The Labute approximate surface area is 210 Å². The maximum atomic E-state index is 14.8. The third-order valence-corrected chi connectivity index (χ3v) is 6.55. The van der Waals surface area contributed by atoms with Gasteiger partial charge in [0.25, 0.3) is 5.91 Å². The van der Waals surface area contributed by atoms with Crippen LogP contribution in [0.15, 0.2) is 41.3 Å². The molecule has 5 rings (SSSR count). The number of amides is 2. The number of aliphatic hydroxyl groups is 1. The molecule has 1 unspecified atom stereocenters. The van der Waals surface area contributed by atoms with Gasteiger partial charge in [0, 0.05) is 25.3 Å². The molecule has 2 fully saturated rings. The summed E-state index contributed by atoms with van der Waals surface area (Å²) in [7, 11) is 0. The normalized spacial score (nSPS) is 21.9. The number of nitrogens with zero attached hydrogens (tertiary/aromatic N) is 3. The van der Waals surface area contributed by atoms with Crippen molar-refractivity contribution in [3.8, 4) is 5.69 Å². The zero-order valence-electron chi connectivity index (χ0n) is 19.4. The van der Waals surface area contributed by atoms with Gasteiger partial charge < -0.3 is 15.2 Å². The minimum Gasteiger partial charge on any atom is -0.391 e. The number of aromatic nitrogens is 2. The summed E-state index contributed by atoms with van der Waals surface area (Å²) < 4.78 is 75.6. The number of benzene rings is 1. The number of anilines is 1. The third kappa shape index (κ3) is 4.28. The van der Waals surface area contributed by atoms with Crippen molar-refractivity contribution in [3.05, 3.63) is 63.9 Å². The molecule has 3 aromatic rings. The Kier molecular flexibility index (Phi) is 6.18. The van der Waals surface area contributed by atoms with Gasteiger partial charge in [0.05, 0.1) is 36.8 Å². The van der Waals surface area contributed by atoms with E-state index in [0.717, 1.165) is 27.8 Å². The van der Waals surface area contributed by atoms with Crippen LogP contribution in [0.1, 0.15) is 23.2 Å². The van der Waals surface area contributed by atoms with Gasteiger partial charge in [-0.15, -0.1) is 0 Å². The van der Waals surface area contributed by atoms with E-state index in [1.165, 1.54) is 12.1 Å². The fourth-order valence-corrected chi connectivity index (χ4v) is 4.52. The van der Waals surface area contributed by atoms with Gasteiger partial charge in [0.1, 0.15) is 23.0 Å². The molecule has 2 aliphatic heterocycles. The highest BCUT2D eigenvalue weighted by atomic mass is 19.4. The Morgan fingerprint density at radius 2 is 1.95 bits per heavy atom. The van der Waals surface area contributed by atoms with E-state index in [1.807, 2.05) is 5.32 Å². The number of fused-ring (bicyclic) bond motifs is 1. The van der Waals surface area contributed by atoms with Gasteiger partial charge in [-0.05, 0) is 24.3 Å². The number of carbonyl (C=O) groups excluding carboxylic acids is 2. The molecule has 2 N–H and O–H groups in total. The Balaban J connectivity index is 1.69. The van der Waals surface area contributed by atoms with Crippen LogP contribution in [0.3, 0.4) is 0 Å². The first kappa shape index (κ1) is 25.7. The molecule has 0 spiro atoms. The Hall–Kier alpha value is -3.91. The predicted molar refractivity (Wildman–Crippen MR) is 122 cm³/mol.